The summed E-state index contributed by atoms with van der Waals surface area (Å²) in [5, 5.41) is 9.60. The van der Waals surface area contributed by atoms with Crippen molar-refractivity contribution >= 4 is 17.4 Å². The lowest BCUT2D eigenvalue weighted by Gasteiger charge is -2.40. The SMILES string of the molecule is CC1CN(C2CC2)CCN1c1ccc(-c2ccc(Cl)cc2)nn1. The van der Waals surface area contributed by atoms with Gasteiger partial charge in [0.2, 0.25) is 0 Å². The van der Waals surface area contributed by atoms with Gasteiger partial charge in [0.05, 0.1) is 5.69 Å². The third-order valence-electron chi connectivity index (χ3n) is 4.81. The normalized spacial score (nSPS) is 22.3. The standard InChI is InChI=1S/C18H21ClN4/c1-13-12-22(16-6-7-16)10-11-23(13)18-9-8-17(20-21-18)14-2-4-15(19)5-3-14/h2-5,8-9,13,16H,6-7,10-12H2,1H3. The van der Waals surface area contributed by atoms with Crippen LogP contribution in [0.15, 0.2) is 36.4 Å². The largest absolute Gasteiger partial charge is 0.350 e. The van der Waals surface area contributed by atoms with Crippen LogP contribution in [-0.2, 0) is 0 Å². The Morgan fingerprint density at radius 1 is 1.00 bits per heavy atom. The maximum Gasteiger partial charge on any atom is 0.151 e. The first-order valence-corrected chi connectivity index (χ1v) is 8.69. The predicted molar refractivity (Wildman–Crippen MR) is 93.9 cm³/mol. The summed E-state index contributed by atoms with van der Waals surface area (Å²) in [6.45, 7) is 5.58. The maximum atomic E-state index is 5.93. The lowest BCUT2D eigenvalue weighted by molar-refractivity contribution is 0.219. The lowest BCUT2D eigenvalue weighted by Crippen LogP contribution is -2.52. The van der Waals surface area contributed by atoms with Gasteiger partial charge in [0.15, 0.2) is 5.82 Å². The van der Waals surface area contributed by atoms with Crippen LogP contribution in [-0.4, -0.2) is 46.8 Å². The van der Waals surface area contributed by atoms with E-state index < -0.39 is 0 Å². The summed E-state index contributed by atoms with van der Waals surface area (Å²) in [5.41, 5.74) is 1.93. The fourth-order valence-electron chi connectivity index (χ4n) is 3.35. The van der Waals surface area contributed by atoms with Gasteiger partial charge in [0.25, 0.3) is 0 Å². The number of anilines is 1. The third kappa shape index (κ3) is 3.19. The van der Waals surface area contributed by atoms with Crippen LogP contribution in [0.4, 0.5) is 5.82 Å². The van der Waals surface area contributed by atoms with Crippen molar-refractivity contribution in [3.8, 4) is 11.3 Å². The van der Waals surface area contributed by atoms with Crippen molar-refractivity contribution in [2.75, 3.05) is 24.5 Å². The molecular weight excluding hydrogens is 308 g/mol. The summed E-state index contributed by atoms with van der Waals surface area (Å²) in [7, 11) is 0. The Balaban J connectivity index is 1.48. The molecule has 2 aromatic rings. The van der Waals surface area contributed by atoms with Gasteiger partial charge in [0.1, 0.15) is 0 Å². The van der Waals surface area contributed by atoms with Gasteiger partial charge >= 0.3 is 0 Å². The first-order chi connectivity index (χ1) is 11.2. The number of aromatic nitrogens is 2. The van der Waals surface area contributed by atoms with E-state index in [0.717, 1.165) is 47.8 Å². The Hall–Kier alpha value is -1.65. The van der Waals surface area contributed by atoms with Crippen LogP contribution in [0, 0.1) is 0 Å². The molecule has 4 nitrogen and oxygen atoms in total. The third-order valence-corrected chi connectivity index (χ3v) is 5.06. The predicted octanol–water partition coefficient (Wildman–Crippen LogP) is 3.47. The molecule has 1 atom stereocenters. The van der Waals surface area contributed by atoms with Gasteiger partial charge in [-0.05, 0) is 44.0 Å². The Kier molecular flexibility index (Phi) is 3.95. The molecule has 23 heavy (non-hydrogen) atoms. The molecule has 2 aliphatic rings. The highest BCUT2D eigenvalue weighted by molar-refractivity contribution is 6.30. The Bertz CT molecular complexity index is 666. The molecule has 1 aliphatic heterocycles. The van der Waals surface area contributed by atoms with E-state index in [1.165, 1.54) is 12.8 Å². The molecule has 1 unspecified atom stereocenters. The minimum absolute atomic E-state index is 0.486. The Labute approximate surface area is 142 Å². The van der Waals surface area contributed by atoms with E-state index in [1.807, 2.05) is 30.3 Å². The zero-order chi connectivity index (χ0) is 15.8. The molecule has 1 saturated heterocycles. The van der Waals surface area contributed by atoms with Crippen LogP contribution in [0.25, 0.3) is 11.3 Å². The molecule has 4 rings (SSSR count). The second kappa shape index (κ2) is 6.10. The molecule has 5 heteroatoms. The van der Waals surface area contributed by atoms with Crippen LogP contribution in [0.1, 0.15) is 19.8 Å². The summed E-state index contributed by atoms with van der Waals surface area (Å²) in [6, 6.07) is 13.2. The van der Waals surface area contributed by atoms with E-state index >= 15 is 0 Å². The summed E-state index contributed by atoms with van der Waals surface area (Å²) in [6.07, 6.45) is 2.75. The van der Waals surface area contributed by atoms with E-state index in [0.29, 0.717) is 6.04 Å². The van der Waals surface area contributed by atoms with Crippen molar-refractivity contribution < 1.29 is 0 Å². The number of benzene rings is 1. The van der Waals surface area contributed by atoms with Crippen LogP contribution in [0.2, 0.25) is 5.02 Å². The number of piperazine rings is 1. The van der Waals surface area contributed by atoms with E-state index in [9.17, 15) is 0 Å². The number of hydrogen-bond donors (Lipinski definition) is 0. The highest BCUT2D eigenvalue weighted by atomic mass is 35.5. The van der Waals surface area contributed by atoms with Gasteiger partial charge in [-0.3, -0.25) is 4.90 Å². The van der Waals surface area contributed by atoms with Crippen molar-refractivity contribution in [1.82, 2.24) is 15.1 Å². The first kappa shape index (κ1) is 14.9. The van der Waals surface area contributed by atoms with Crippen molar-refractivity contribution in [1.29, 1.82) is 0 Å². The molecule has 0 spiro atoms. The average Bonchev–Trinajstić information content (AvgIpc) is 3.41. The number of hydrogen-bond acceptors (Lipinski definition) is 4. The minimum Gasteiger partial charge on any atom is -0.350 e. The molecule has 0 N–H and O–H groups in total. The fourth-order valence-corrected chi connectivity index (χ4v) is 3.48. The van der Waals surface area contributed by atoms with E-state index in [2.05, 4.69) is 33.0 Å². The van der Waals surface area contributed by atoms with Crippen molar-refractivity contribution in [3.63, 3.8) is 0 Å². The van der Waals surface area contributed by atoms with E-state index in [4.69, 9.17) is 11.6 Å². The van der Waals surface area contributed by atoms with Crippen molar-refractivity contribution in [2.45, 2.75) is 31.8 Å². The molecule has 1 saturated carbocycles. The molecule has 0 bridgehead atoms. The van der Waals surface area contributed by atoms with Gasteiger partial charge < -0.3 is 4.90 Å². The number of rotatable bonds is 3. The Morgan fingerprint density at radius 3 is 2.39 bits per heavy atom. The molecule has 2 fully saturated rings. The molecule has 1 aromatic carbocycles. The zero-order valence-electron chi connectivity index (χ0n) is 13.3. The molecule has 0 radical (unpaired) electrons. The quantitative estimate of drug-likeness (QED) is 0.863. The first-order valence-electron chi connectivity index (χ1n) is 8.31. The second-order valence-electron chi connectivity index (χ2n) is 6.55. The summed E-state index contributed by atoms with van der Waals surface area (Å²) in [4.78, 5) is 4.99. The van der Waals surface area contributed by atoms with Gasteiger partial charge in [-0.1, -0.05) is 23.7 Å². The molecule has 2 heterocycles. The van der Waals surface area contributed by atoms with Gasteiger partial charge in [0, 0.05) is 42.3 Å². The molecule has 0 amide bonds. The Morgan fingerprint density at radius 2 is 1.78 bits per heavy atom. The molecule has 1 aromatic heterocycles. The lowest BCUT2D eigenvalue weighted by atomic mass is 10.1. The highest BCUT2D eigenvalue weighted by Crippen LogP contribution is 2.30. The second-order valence-corrected chi connectivity index (χ2v) is 6.99. The molecule has 1 aliphatic carbocycles. The summed E-state index contributed by atoms with van der Waals surface area (Å²) >= 11 is 5.93. The fraction of sp³-hybridized carbons (Fsp3) is 0.444. The van der Waals surface area contributed by atoms with Gasteiger partial charge in [-0.2, -0.15) is 0 Å². The topological polar surface area (TPSA) is 32.3 Å². The maximum absolute atomic E-state index is 5.93. The minimum atomic E-state index is 0.486. The summed E-state index contributed by atoms with van der Waals surface area (Å²) in [5.74, 6) is 0.977. The van der Waals surface area contributed by atoms with E-state index in [-0.39, 0.29) is 0 Å². The summed E-state index contributed by atoms with van der Waals surface area (Å²) < 4.78 is 0. The van der Waals surface area contributed by atoms with Crippen LogP contribution < -0.4 is 4.90 Å². The van der Waals surface area contributed by atoms with Crippen LogP contribution in [0.5, 0.6) is 0 Å². The monoisotopic (exact) mass is 328 g/mol. The van der Waals surface area contributed by atoms with Crippen molar-refractivity contribution in [3.05, 3.63) is 41.4 Å². The van der Waals surface area contributed by atoms with Gasteiger partial charge in [-0.15, -0.1) is 10.2 Å². The zero-order valence-corrected chi connectivity index (χ0v) is 14.1. The van der Waals surface area contributed by atoms with Crippen LogP contribution >= 0.6 is 11.6 Å². The average molecular weight is 329 g/mol. The highest BCUT2D eigenvalue weighted by Gasteiger charge is 2.34. The van der Waals surface area contributed by atoms with Gasteiger partial charge in [-0.25, -0.2) is 0 Å². The van der Waals surface area contributed by atoms with Crippen molar-refractivity contribution in [2.24, 2.45) is 0 Å². The van der Waals surface area contributed by atoms with Crippen LogP contribution in [0.3, 0.4) is 0 Å². The molecular formula is C18H21ClN4. The number of halogens is 1. The molecule has 120 valence electrons. The number of nitrogens with zero attached hydrogens (tertiary/aromatic N) is 4. The smallest absolute Gasteiger partial charge is 0.151 e. The van der Waals surface area contributed by atoms with E-state index in [1.54, 1.807) is 0 Å².